The van der Waals surface area contributed by atoms with Crippen LogP contribution in [-0.4, -0.2) is 20.7 Å². The number of amides is 1. The van der Waals surface area contributed by atoms with Crippen molar-refractivity contribution in [2.45, 2.75) is 26.3 Å². The molecule has 2 rings (SSSR count). The maximum Gasteiger partial charge on any atom is 0.251 e. The minimum atomic E-state index is -0.155. The second-order valence-electron chi connectivity index (χ2n) is 4.65. The molecule has 106 valence electrons. The maximum absolute atomic E-state index is 12.1. The van der Waals surface area contributed by atoms with Crippen LogP contribution in [0, 0.1) is 0 Å². The Bertz CT molecular complexity index is 605. The number of pyridine rings is 1. The van der Waals surface area contributed by atoms with Gasteiger partial charge in [0.15, 0.2) is 0 Å². The summed E-state index contributed by atoms with van der Waals surface area (Å²) >= 11 is 0. The highest BCUT2D eigenvalue weighted by atomic mass is 16.1. The topological polar surface area (TPSA) is 85.8 Å². The van der Waals surface area contributed by atoms with Gasteiger partial charge in [-0.1, -0.05) is 13.3 Å². The van der Waals surface area contributed by atoms with Crippen LogP contribution < -0.4 is 11.1 Å². The molecule has 2 aromatic rings. The molecule has 6 heteroatoms. The van der Waals surface area contributed by atoms with E-state index in [1.54, 1.807) is 23.0 Å². The largest absolute Gasteiger partial charge is 0.384 e. The molecule has 0 unspecified atom stereocenters. The summed E-state index contributed by atoms with van der Waals surface area (Å²) in [5.41, 5.74) is 8.07. The molecule has 0 radical (unpaired) electrons. The molecule has 3 N–H and O–H groups in total. The third kappa shape index (κ3) is 3.34. The van der Waals surface area contributed by atoms with Crippen LogP contribution in [-0.2, 0) is 20.0 Å². The minimum Gasteiger partial charge on any atom is -0.384 e. The van der Waals surface area contributed by atoms with Crippen molar-refractivity contribution in [2.75, 3.05) is 5.73 Å². The van der Waals surface area contributed by atoms with Gasteiger partial charge in [0.1, 0.15) is 5.82 Å². The Labute approximate surface area is 118 Å². The molecule has 0 atom stereocenters. The van der Waals surface area contributed by atoms with Crippen LogP contribution in [0.1, 0.15) is 35.1 Å². The fourth-order valence-electron chi connectivity index (χ4n) is 1.97. The predicted molar refractivity (Wildman–Crippen MR) is 77.0 cm³/mol. The highest BCUT2D eigenvalue weighted by Crippen LogP contribution is 2.10. The first-order chi connectivity index (χ1) is 9.60. The zero-order valence-electron chi connectivity index (χ0n) is 11.8. The predicted octanol–water partition coefficient (Wildman–Crippen LogP) is 1.28. The van der Waals surface area contributed by atoms with Crippen molar-refractivity contribution in [1.82, 2.24) is 20.1 Å². The number of nitrogens with zero attached hydrogens (tertiary/aromatic N) is 3. The van der Waals surface area contributed by atoms with Gasteiger partial charge in [-0.2, -0.15) is 5.10 Å². The third-order valence-electron chi connectivity index (χ3n) is 3.02. The number of aromatic nitrogens is 3. The Morgan fingerprint density at radius 2 is 2.25 bits per heavy atom. The summed E-state index contributed by atoms with van der Waals surface area (Å²) < 4.78 is 1.73. The van der Waals surface area contributed by atoms with E-state index in [2.05, 4.69) is 22.3 Å². The van der Waals surface area contributed by atoms with Gasteiger partial charge in [0.2, 0.25) is 0 Å². The molecule has 0 aliphatic heterocycles. The second-order valence-corrected chi connectivity index (χ2v) is 4.65. The van der Waals surface area contributed by atoms with Crippen molar-refractivity contribution < 1.29 is 4.79 Å². The Kier molecular flexibility index (Phi) is 4.34. The fraction of sp³-hybridized carbons (Fsp3) is 0.357. The van der Waals surface area contributed by atoms with E-state index in [1.807, 2.05) is 13.1 Å². The summed E-state index contributed by atoms with van der Waals surface area (Å²) in [4.78, 5) is 16.3. The number of carbonyl (C=O) groups excluding carboxylic acids is 1. The number of aryl methyl sites for hydroxylation is 2. The summed E-state index contributed by atoms with van der Waals surface area (Å²) in [7, 11) is 1.84. The molecule has 1 amide bonds. The summed E-state index contributed by atoms with van der Waals surface area (Å²) in [5, 5.41) is 6.91. The van der Waals surface area contributed by atoms with E-state index in [1.165, 1.54) is 0 Å². The molecular formula is C14H19N5O. The lowest BCUT2D eigenvalue weighted by Crippen LogP contribution is -2.24. The first-order valence-electron chi connectivity index (χ1n) is 6.61. The third-order valence-corrected chi connectivity index (χ3v) is 3.02. The number of nitrogens with two attached hydrogens (primary N) is 1. The van der Waals surface area contributed by atoms with Crippen LogP contribution in [0.3, 0.4) is 0 Å². The average Bonchev–Trinajstić information content (AvgIpc) is 2.81. The quantitative estimate of drug-likeness (QED) is 0.859. The van der Waals surface area contributed by atoms with Crippen LogP contribution in [0.2, 0.25) is 0 Å². The van der Waals surface area contributed by atoms with Gasteiger partial charge in [0.25, 0.3) is 5.91 Å². The summed E-state index contributed by atoms with van der Waals surface area (Å²) in [6.45, 7) is 2.49. The van der Waals surface area contributed by atoms with Gasteiger partial charge in [-0.15, -0.1) is 0 Å². The number of nitrogens with one attached hydrogen (secondary N) is 1. The standard InChI is InChI=1S/C14H19N5O/c1-3-4-11-7-10(8-13(15)18-11)14(20)16-9-12-5-6-17-19(12)2/h5-8H,3-4,9H2,1-2H3,(H2,15,18)(H,16,20). The van der Waals surface area contributed by atoms with Crippen LogP contribution >= 0.6 is 0 Å². The van der Waals surface area contributed by atoms with E-state index in [0.717, 1.165) is 24.2 Å². The molecule has 0 bridgehead atoms. The Balaban J connectivity index is 2.07. The van der Waals surface area contributed by atoms with Crippen LogP contribution in [0.25, 0.3) is 0 Å². The van der Waals surface area contributed by atoms with E-state index in [-0.39, 0.29) is 5.91 Å². The van der Waals surface area contributed by atoms with Crippen molar-refractivity contribution in [3.05, 3.63) is 41.3 Å². The Hall–Kier alpha value is -2.37. The van der Waals surface area contributed by atoms with Crippen molar-refractivity contribution in [2.24, 2.45) is 7.05 Å². The normalized spacial score (nSPS) is 10.5. The van der Waals surface area contributed by atoms with E-state index in [9.17, 15) is 4.79 Å². The number of hydrogen-bond donors (Lipinski definition) is 2. The Morgan fingerprint density at radius 3 is 2.90 bits per heavy atom. The summed E-state index contributed by atoms with van der Waals surface area (Å²) in [6, 6.07) is 5.25. The lowest BCUT2D eigenvalue weighted by atomic mass is 10.1. The van der Waals surface area contributed by atoms with Crippen LogP contribution in [0.15, 0.2) is 24.4 Å². The molecule has 2 heterocycles. The maximum atomic E-state index is 12.1. The second kappa shape index (κ2) is 6.18. The molecule has 0 saturated carbocycles. The number of anilines is 1. The van der Waals surface area contributed by atoms with Crippen molar-refractivity contribution in [1.29, 1.82) is 0 Å². The molecule has 0 aliphatic carbocycles. The molecule has 0 spiro atoms. The number of hydrogen-bond acceptors (Lipinski definition) is 4. The highest BCUT2D eigenvalue weighted by molar-refractivity contribution is 5.94. The molecule has 20 heavy (non-hydrogen) atoms. The number of nitrogen functional groups attached to an aromatic ring is 1. The molecule has 2 aromatic heterocycles. The first-order valence-corrected chi connectivity index (χ1v) is 6.61. The SMILES string of the molecule is CCCc1cc(C(=O)NCc2ccnn2C)cc(N)n1. The van der Waals surface area contributed by atoms with Crippen LogP contribution in [0.5, 0.6) is 0 Å². The van der Waals surface area contributed by atoms with Gasteiger partial charge >= 0.3 is 0 Å². The lowest BCUT2D eigenvalue weighted by molar-refractivity contribution is 0.0950. The van der Waals surface area contributed by atoms with E-state index >= 15 is 0 Å². The van der Waals surface area contributed by atoms with Gasteiger partial charge < -0.3 is 11.1 Å². The molecule has 0 aliphatic rings. The van der Waals surface area contributed by atoms with Gasteiger partial charge in [-0.25, -0.2) is 4.98 Å². The van der Waals surface area contributed by atoms with Gasteiger partial charge in [0, 0.05) is 24.5 Å². The van der Waals surface area contributed by atoms with Gasteiger partial charge in [-0.3, -0.25) is 9.48 Å². The lowest BCUT2D eigenvalue weighted by Gasteiger charge is -2.08. The molecule has 0 fully saturated rings. The van der Waals surface area contributed by atoms with Gasteiger partial charge in [0.05, 0.1) is 12.2 Å². The van der Waals surface area contributed by atoms with E-state index < -0.39 is 0 Å². The zero-order valence-corrected chi connectivity index (χ0v) is 11.8. The first kappa shape index (κ1) is 14.0. The average molecular weight is 273 g/mol. The Morgan fingerprint density at radius 1 is 1.45 bits per heavy atom. The van der Waals surface area contributed by atoms with Crippen LogP contribution in [0.4, 0.5) is 5.82 Å². The number of rotatable bonds is 5. The monoisotopic (exact) mass is 273 g/mol. The summed E-state index contributed by atoms with van der Waals surface area (Å²) in [6.07, 6.45) is 3.48. The highest BCUT2D eigenvalue weighted by Gasteiger charge is 2.09. The fourth-order valence-corrected chi connectivity index (χ4v) is 1.97. The smallest absolute Gasteiger partial charge is 0.251 e. The molecule has 0 aromatic carbocycles. The van der Waals surface area contributed by atoms with E-state index in [0.29, 0.717) is 17.9 Å². The van der Waals surface area contributed by atoms with Crippen molar-refractivity contribution in [3.63, 3.8) is 0 Å². The van der Waals surface area contributed by atoms with Crippen molar-refractivity contribution >= 4 is 11.7 Å². The summed E-state index contributed by atoms with van der Waals surface area (Å²) in [5.74, 6) is 0.222. The molecule has 0 saturated heterocycles. The van der Waals surface area contributed by atoms with Crippen molar-refractivity contribution in [3.8, 4) is 0 Å². The molecule has 6 nitrogen and oxygen atoms in total. The minimum absolute atomic E-state index is 0.155. The zero-order chi connectivity index (χ0) is 14.5. The molecular weight excluding hydrogens is 254 g/mol. The van der Waals surface area contributed by atoms with E-state index in [4.69, 9.17) is 5.73 Å². The van der Waals surface area contributed by atoms with Gasteiger partial charge in [-0.05, 0) is 24.6 Å². The number of carbonyl (C=O) groups is 1.